The normalized spacial score (nSPS) is 15.2. The minimum absolute atomic E-state index is 0.670. The number of benzene rings is 1. The number of pyridine rings is 2. The predicted molar refractivity (Wildman–Crippen MR) is 129 cm³/mol. The van der Waals surface area contributed by atoms with Crippen molar-refractivity contribution in [3.63, 3.8) is 0 Å². The average molecular weight is 445 g/mol. The molecular weight excluding hydrogens is 424 g/mol. The van der Waals surface area contributed by atoms with Crippen molar-refractivity contribution in [1.82, 2.24) is 30.1 Å². The summed E-state index contributed by atoms with van der Waals surface area (Å²) in [6.07, 6.45) is 8.94. The number of aromatic amines is 1. The number of hydrogen-bond donors (Lipinski definition) is 1. The minimum Gasteiger partial charge on any atom is -0.338 e. The molecule has 0 radical (unpaired) electrons. The van der Waals surface area contributed by atoms with Crippen molar-refractivity contribution in [1.29, 1.82) is 0 Å². The third kappa shape index (κ3) is 2.39. The zero-order valence-electron chi connectivity index (χ0n) is 18.4. The zero-order valence-corrected chi connectivity index (χ0v) is 18.4. The molecule has 1 aromatic carbocycles. The lowest BCUT2D eigenvalue weighted by molar-refractivity contribution is 0.681. The van der Waals surface area contributed by atoms with Crippen LogP contribution < -0.4 is 9.80 Å². The van der Waals surface area contributed by atoms with Crippen LogP contribution in [0.4, 0.5) is 17.3 Å². The third-order valence-electron chi connectivity index (χ3n) is 6.74. The molecule has 0 unspecified atom stereocenters. The Hall–Kier alpha value is -4.59. The van der Waals surface area contributed by atoms with E-state index in [9.17, 15) is 0 Å². The van der Waals surface area contributed by atoms with Crippen molar-refractivity contribution in [2.45, 2.75) is 5.41 Å². The smallest absolute Gasteiger partial charge is 0.178 e. The van der Waals surface area contributed by atoms with E-state index in [-0.39, 0.29) is 0 Å². The Bertz CT molecular complexity index is 1480. The maximum absolute atomic E-state index is 4.90. The molecule has 8 heteroatoms. The molecule has 0 fully saturated rings. The maximum Gasteiger partial charge on any atom is 0.178 e. The van der Waals surface area contributed by atoms with E-state index in [1.807, 2.05) is 37.6 Å². The molecule has 34 heavy (non-hydrogen) atoms. The summed E-state index contributed by atoms with van der Waals surface area (Å²) in [6, 6.07) is 18.7. The van der Waals surface area contributed by atoms with Crippen LogP contribution in [0.3, 0.4) is 0 Å². The Morgan fingerprint density at radius 3 is 2.21 bits per heavy atom. The van der Waals surface area contributed by atoms with Gasteiger partial charge in [-0.05, 0) is 35.9 Å². The fourth-order valence-electron chi connectivity index (χ4n) is 5.34. The first kappa shape index (κ1) is 18.9. The SMILES string of the molecule is CN1CN(c2cccc(C3(c4ccn[nH]4)c4ncccc4-c4cccnc43)c2)c2nccnc21. The van der Waals surface area contributed by atoms with Crippen molar-refractivity contribution < 1.29 is 0 Å². The summed E-state index contributed by atoms with van der Waals surface area (Å²) < 4.78 is 0. The molecule has 0 bridgehead atoms. The average Bonchev–Trinajstić information content (AvgIpc) is 3.61. The second kappa shape index (κ2) is 6.95. The largest absolute Gasteiger partial charge is 0.338 e. The van der Waals surface area contributed by atoms with E-state index in [0.29, 0.717) is 6.67 Å². The molecule has 0 amide bonds. The topological polar surface area (TPSA) is 86.7 Å². The van der Waals surface area contributed by atoms with E-state index >= 15 is 0 Å². The maximum atomic E-state index is 4.90. The van der Waals surface area contributed by atoms with E-state index in [1.54, 1.807) is 18.6 Å². The highest BCUT2D eigenvalue weighted by atomic mass is 15.4. The van der Waals surface area contributed by atoms with E-state index in [4.69, 9.17) is 9.97 Å². The molecule has 0 spiro atoms. The van der Waals surface area contributed by atoms with E-state index in [0.717, 1.165) is 51.1 Å². The van der Waals surface area contributed by atoms with Gasteiger partial charge in [-0.15, -0.1) is 0 Å². The Morgan fingerprint density at radius 2 is 1.50 bits per heavy atom. The fourth-order valence-corrected chi connectivity index (χ4v) is 5.34. The van der Waals surface area contributed by atoms with Crippen LogP contribution in [0, 0.1) is 0 Å². The van der Waals surface area contributed by atoms with E-state index in [2.05, 4.69) is 66.4 Å². The lowest BCUT2D eigenvalue weighted by Crippen LogP contribution is -2.31. The molecule has 0 atom stereocenters. The van der Waals surface area contributed by atoms with Gasteiger partial charge < -0.3 is 9.80 Å². The van der Waals surface area contributed by atoms with Gasteiger partial charge in [-0.1, -0.05) is 24.3 Å². The molecule has 4 aromatic heterocycles. The number of nitrogens with one attached hydrogen (secondary N) is 1. The third-order valence-corrected chi connectivity index (χ3v) is 6.74. The minimum atomic E-state index is -0.712. The van der Waals surface area contributed by atoms with Crippen LogP contribution in [-0.4, -0.2) is 43.8 Å². The number of nitrogens with zero attached hydrogens (tertiary/aromatic N) is 7. The first-order valence-corrected chi connectivity index (χ1v) is 11.1. The van der Waals surface area contributed by atoms with Crippen LogP contribution in [-0.2, 0) is 5.41 Å². The van der Waals surface area contributed by atoms with Crippen LogP contribution >= 0.6 is 0 Å². The van der Waals surface area contributed by atoms with Gasteiger partial charge in [-0.2, -0.15) is 5.10 Å². The molecule has 1 aliphatic heterocycles. The molecular formula is C26H20N8. The summed E-state index contributed by atoms with van der Waals surface area (Å²) in [6.45, 7) is 0.670. The summed E-state index contributed by atoms with van der Waals surface area (Å²) in [5, 5.41) is 7.54. The molecule has 0 saturated heterocycles. The monoisotopic (exact) mass is 444 g/mol. The summed E-state index contributed by atoms with van der Waals surface area (Å²) in [7, 11) is 2.03. The molecule has 7 rings (SSSR count). The quantitative estimate of drug-likeness (QED) is 0.443. The van der Waals surface area contributed by atoms with Crippen molar-refractivity contribution in [3.8, 4) is 11.1 Å². The van der Waals surface area contributed by atoms with Gasteiger partial charge in [0, 0.05) is 54.8 Å². The summed E-state index contributed by atoms with van der Waals surface area (Å²) in [5.74, 6) is 1.72. The van der Waals surface area contributed by atoms with Gasteiger partial charge in [0.2, 0.25) is 0 Å². The van der Waals surface area contributed by atoms with Crippen molar-refractivity contribution in [2.75, 3.05) is 23.5 Å². The van der Waals surface area contributed by atoms with Gasteiger partial charge >= 0.3 is 0 Å². The molecule has 2 aliphatic rings. The number of hydrogen-bond acceptors (Lipinski definition) is 7. The second-order valence-corrected chi connectivity index (χ2v) is 8.54. The van der Waals surface area contributed by atoms with Gasteiger partial charge in [0.25, 0.3) is 0 Å². The van der Waals surface area contributed by atoms with Crippen molar-refractivity contribution >= 4 is 17.3 Å². The predicted octanol–water partition coefficient (Wildman–Crippen LogP) is 3.90. The Kier molecular flexibility index (Phi) is 3.87. The number of H-pyrrole nitrogens is 1. The van der Waals surface area contributed by atoms with E-state index in [1.165, 1.54) is 0 Å². The van der Waals surface area contributed by atoms with Gasteiger partial charge in [0.1, 0.15) is 5.41 Å². The Labute approximate surface area is 196 Å². The molecule has 8 nitrogen and oxygen atoms in total. The zero-order chi connectivity index (χ0) is 22.7. The van der Waals surface area contributed by atoms with Gasteiger partial charge in [-0.3, -0.25) is 15.1 Å². The van der Waals surface area contributed by atoms with Crippen LogP contribution in [0.5, 0.6) is 0 Å². The summed E-state index contributed by atoms with van der Waals surface area (Å²) >= 11 is 0. The standard InChI is InChI=1S/C26H20N8/c1-33-16-34(25-24(33)29-13-14-30-25)18-6-2-5-17(15-18)26(21-9-12-31-32-21)22-19(7-3-10-27-22)20-8-4-11-28-23(20)26/h2-15H,16H2,1H3,(H,31,32). The van der Waals surface area contributed by atoms with Crippen LogP contribution in [0.15, 0.2) is 85.6 Å². The van der Waals surface area contributed by atoms with Crippen LogP contribution in [0.2, 0.25) is 0 Å². The van der Waals surface area contributed by atoms with Gasteiger partial charge in [-0.25, -0.2) is 9.97 Å². The highest BCUT2D eigenvalue weighted by molar-refractivity contribution is 5.84. The number of aromatic nitrogens is 6. The molecule has 1 N–H and O–H groups in total. The molecule has 5 heterocycles. The van der Waals surface area contributed by atoms with Crippen molar-refractivity contribution in [3.05, 3.63) is 108 Å². The van der Waals surface area contributed by atoms with Gasteiger partial charge in [0.05, 0.1) is 23.8 Å². The molecule has 5 aromatic rings. The Morgan fingerprint density at radius 1 is 0.765 bits per heavy atom. The fraction of sp³-hybridized carbons (Fsp3) is 0.115. The lowest BCUT2D eigenvalue weighted by Gasteiger charge is -2.30. The summed E-state index contributed by atoms with van der Waals surface area (Å²) in [5.41, 5.74) is 6.38. The lowest BCUT2D eigenvalue weighted by atomic mass is 9.74. The number of anilines is 3. The summed E-state index contributed by atoms with van der Waals surface area (Å²) in [4.78, 5) is 23.2. The van der Waals surface area contributed by atoms with E-state index < -0.39 is 5.41 Å². The highest BCUT2D eigenvalue weighted by Crippen LogP contribution is 2.54. The van der Waals surface area contributed by atoms with Crippen molar-refractivity contribution in [2.24, 2.45) is 0 Å². The Balaban J connectivity index is 1.50. The molecule has 164 valence electrons. The molecule has 1 aliphatic carbocycles. The van der Waals surface area contributed by atoms with Crippen LogP contribution in [0.25, 0.3) is 11.1 Å². The molecule has 0 saturated carbocycles. The second-order valence-electron chi connectivity index (χ2n) is 8.54. The van der Waals surface area contributed by atoms with Crippen LogP contribution in [0.1, 0.15) is 22.6 Å². The number of rotatable bonds is 3. The first-order valence-electron chi connectivity index (χ1n) is 11.1. The first-order chi connectivity index (χ1) is 16.8. The highest BCUT2D eigenvalue weighted by Gasteiger charge is 2.50. The number of fused-ring (bicyclic) bond motifs is 4. The van der Waals surface area contributed by atoms with Gasteiger partial charge in [0.15, 0.2) is 11.6 Å².